The van der Waals surface area contributed by atoms with Gasteiger partial charge in [0.25, 0.3) is 0 Å². The summed E-state index contributed by atoms with van der Waals surface area (Å²) in [5.41, 5.74) is 2.08. The Labute approximate surface area is 106 Å². The highest BCUT2D eigenvalue weighted by molar-refractivity contribution is 5.56. The highest BCUT2D eigenvalue weighted by Gasteiger charge is 2.27. The van der Waals surface area contributed by atoms with E-state index in [1.165, 1.54) is 19.3 Å². The van der Waals surface area contributed by atoms with Gasteiger partial charge in [0.15, 0.2) is 0 Å². The van der Waals surface area contributed by atoms with Crippen molar-refractivity contribution < 1.29 is 0 Å². The number of allylic oxidation sites excluding steroid dienone is 1. The van der Waals surface area contributed by atoms with Crippen LogP contribution in [0.5, 0.6) is 0 Å². The number of nitrogens with zero attached hydrogens (tertiary/aromatic N) is 2. The third-order valence-electron chi connectivity index (χ3n) is 3.63. The minimum atomic E-state index is 0.657. The van der Waals surface area contributed by atoms with Crippen molar-refractivity contribution in [1.29, 1.82) is 0 Å². The third-order valence-corrected chi connectivity index (χ3v) is 3.63. The second-order valence-electron chi connectivity index (χ2n) is 4.87. The van der Waals surface area contributed by atoms with Crippen LogP contribution in [0.25, 0.3) is 0 Å². The molecule has 2 heteroatoms. The van der Waals surface area contributed by atoms with Crippen molar-refractivity contribution in [1.82, 2.24) is 4.90 Å². The first kappa shape index (κ1) is 14.0. The maximum atomic E-state index is 4.40. The molecule has 1 aliphatic rings. The number of hydrogen-bond donors (Lipinski definition) is 0. The fraction of sp³-hybridized carbons (Fsp3) is 0.667. The fourth-order valence-electron chi connectivity index (χ4n) is 2.73. The number of aliphatic imine (C=N–C) groups is 1. The molecule has 1 fully saturated rings. The summed E-state index contributed by atoms with van der Waals surface area (Å²) in [6, 6.07) is 0.657. The van der Waals surface area contributed by atoms with E-state index in [1.54, 1.807) is 0 Å². The van der Waals surface area contributed by atoms with Crippen LogP contribution in [0.3, 0.4) is 0 Å². The van der Waals surface area contributed by atoms with Crippen LogP contribution in [0.15, 0.2) is 29.0 Å². The summed E-state index contributed by atoms with van der Waals surface area (Å²) in [7, 11) is 0. The Kier molecular flexibility index (Phi) is 5.46. The Hall–Kier alpha value is -1.05. The zero-order valence-corrected chi connectivity index (χ0v) is 11.7. The lowest BCUT2D eigenvalue weighted by Crippen LogP contribution is -2.32. The van der Waals surface area contributed by atoms with E-state index in [2.05, 4.69) is 30.3 Å². The second kappa shape index (κ2) is 6.63. The molecule has 0 heterocycles. The average Bonchev–Trinajstić information content (AvgIpc) is 2.73. The van der Waals surface area contributed by atoms with Gasteiger partial charge >= 0.3 is 0 Å². The maximum Gasteiger partial charge on any atom is 0.0810 e. The van der Waals surface area contributed by atoms with Crippen molar-refractivity contribution in [2.75, 3.05) is 6.54 Å². The Morgan fingerprint density at radius 2 is 2.12 bits per heavy atom. The average molecular weight is 234 g/mol. The summed E-state index contributed by atoms with van der Waals surface area (Å²) in [6.07, 6.45) is 7.81. The smallest absolute Gasteiger partial charge is 0.0810 e. The first-order valence-electron chi connectivity index (χ1n) is 6.74. The Balaban J connectivity index is 2.76. The molecule has 0 aromatic heterocycles. The van der Waals surface area contributed by atoms with Gasteiger partial charge in [0, 0.05) is 18.8 Å². The monoisotopic (exact) mass is 234 g/mol. The highest BCUT2D eigenvalue weighted by Crippen LogP contribution is 2.32. The van der Waals surface area contributed by atoms with E-state index in [0.29, 0.717) is 6.04 Å². The molecule has 1 rings (SSSR count). The van der Waals surface area contributed by atoms with E-state index in [0.717, 1.165) is 23.9 Å². The highest BCUT2D eigenvalue weighted by atomic mass is 15.2. The van der Waals surface area contributed by atoms with Gasteiger partial charge in [0.05, 0.1) is 11.4 Å². The quantitative estimate of drug-likeness (QED) is 0.518. The second-order valence-corrected chi connectivity index (χ2v) is 4.87. The van der Waals surface area contributed by atoms with Crippen molar-refractivity contribution >= 4 is 6.21 Å². The molecule has 96 valence electrons. The van der Waals surface area contributed by atoms with Gasteiger partial charge < -0.3 is 4.90 Å². The molecule has 0 amide bonds. The summed E-state index contributed by atoms with van der Waals surface area (Å²) < 4.78 is 0. The van der Waals surface area contributed by atoms with Crippen LogP contribution in [0, 0.1) is 5.92 Å². The maximum absolute atomic E-state index is 4.40. The van der Waals surface area contributed by atoms with Crippen molar-refractivity contribution in [2.45, 2.75) is 53.0 Å². The molecule has 1 aliphatic carbocycles. The van der Waals surface area contributed by atoms with E-state index in [9.17, 15) is 0 Å². The summed E-state index contributed by atoms with van der Waals surface area (Å²) in [5.74, 6) is 0.852. The lowest BCUT2D eigenvalue weighted by Gasteiger charge is -2.32. The van der Waals surface area contributed by atoms with E-state index in [4.69, 9.17) is 0 Å². The predicted octanol–water partition coefficient (Wildman–Crippen LogP) is 4.01. The molecule has 1 saturated carbocycles. The first-order valence-corrected chi connectivity index (χ1v) is 6.74. The van der Waals surface area contributed by atoms with E-state index in [-0.39, 0.29) is 0 Å². The molecule has 0 aliphatic heterocycles. The van der Waals surface area contributed by atoms with E-state index in [1.807, 2.05) is 26.1 Å². The molecule has 0 aromatic rings. The van der Waals surface area contributed by atoms with Gasteiger partial charge in [-0.3, -0.25) is 4.99 Å². The van der Waals surface area contributed by atoms with Crippen LogP contribution in [0.4, 0.5) is 0 Å². The molecule has 0 radical (unpaired) electrons. The largest absolute Gasteiger partial charge is 0.368 e. The van der Waals surface area contributed by atoms with Gasteiger partial charge in [-0.05, 0) is 46.0 Å². The number of rotatable bonds is 5. The van der Waals surface area contributed by atoms with Gasteiger partial charge in [-0.25, -0.2) is 0 Å². The van der Waals surface area contributed by atoms with Crippen LogP contribution < -0.4 is 0 Å². The number of hydrogen-bond acceptors (Lipinski definition) is 2. The summed E-state index contributed by atoms with van der Waals surface area (Å²) in [6.45, 7) is 13.8. The minimum Gasteiger partial charge on any atom is -0.368 e. The van der Waals surface area contributed by atoms with Gasteiger partial charge in [-0.2, -0.15) is 0 Å². The molecule has 0 aromatic carbocycles. The van der Waals surface area contributed by atoms with Gasteiger partial charge in [-0.1, -0.05) is 19.6 Å². The standard InChI is InChI=1S/C15H26N2/c1-6-15(16-7-2)13(5)17(8-3)14-10-9-12(4)11-14/h6-7,12,14H,5,8-11H2,1-4H3/b15-6-,16-7?. The molecule has 0 bridgehead atoms. The van der Waals surface area contributed by atoms with Crippen LogP contribution in [0.1, 0.15) is 47.0 Å². The molecular formula is C15H26N2. The zero-order chi connectivity index (χ0) is 12.8. The molecule has 0 saturated heterocycles. The van der Waals surface area contributed by atoms with Crippen molar-refractivity contribution in [3.8, 4) is 0 Å². The first-order chi connectivity index (χ1) is 8.13. The molecule has 0 spiro atoms. The third kappa shape index (κ3) is 3.45. The number of likely N-dealkylation sites (N-methyl/N-ethyl adjacent to an activating group) is 1. The molecule has 2 nitrogen and oxygen atoms in total. The lowest BCUT2D eigenvalue weighted by atomic mass is 10.1. The lowest BCUT2D eigenvalue weighted by molar-refractivity contribution is 0.268. The Bertz CT molecular complexity index is 315. The summed E-state index contributed by atoms with van der Waals surface area (Å²) >= 11 is 0. The van der Waals surface area contributed by atoms with E-state index < -0.39 is 0 Å². The summed E-state index contributed by atoms with van der Waals surface area (Å²) in [4.78, 5) is 6.82. The van der Waals surface area contributed by atoms with Crippen LogP contribution in [-0.2, 0) is 0 Å². The molecular weight excluding hydrogens is 208 g/mol. The summed E-state index contributed by atoms with van der Waals surface area (Å²) in [5, 5.41) is 0. The topological polar surface area (TPSA) is 15.6 Å². The van der Waals surface area contributed by atoms with Crippen LogP contribution in [0.2, 0.25) is 0 Å². The fourth-order valence-corrected chi connectivity index (χ4v) is 2.73. The van der Waals surface area contributed by atoms with Crippen molar-refractivity contribution in [3.63, 3.8) is 0 Å². The van der Waals surface area contributed by atoms with Crippen molar-refractivity contribution in [2.24, 2.45) is 10.9 Å². The SMILES string of the molecule is C=C(/C(=C/C)N=CC)N(CC)C1CCC(C)C1. The van der Waals surface area contributed by atoms with Gasteiger partial charge in [-0.15, -0.1) is 0 Å². The Morgan fingerprint density at radius 1 is 1.41 bits per heavy atom. The molecule has 2 unspecified atom stereocenters. The zero-order valence-electron chi connectivity index (χ0n) is 11.7. The molecule has 2 atom stereocenters. The van der Waals surface area contributed by atoms with Crippen molar-refractivity contribution in [3.05, 3.63) is 24.0 Å². The van der Waals surface area contributed by atoms with Crippen LogP contribution >= 0.6 is 0 Å². The minimum absolute atomic E-state index is 0.657. The Morgan fingerprint density at radius 3 is 2.53 bits per heavy atom. The molecule has 0 N–H and O–H groups in total. The normalized spacial score (nSPS) is 25.5. The van der Waals surface area contributed by atoms with E-state index >= 15 is 0 Å². The van der Waals surface area contributed by atoms with Gasteiger partial charge in [0.2, 0.25) is 0 Å². The predicted molar refractivity (Wildman–Crippen MR) is 76.2 cm³/mol. The van der Waals surface area contributed by atoms with Crippen LogP contribution in [-0.4, -0.2) is 23.7 Å². The van der Waals surface area contributed by atoms with Gasteiger partial charge in [0.1, 0.15) is 0 Å². The molecule has 17 heavy (non-hydrogen) atoms.